The van der Waals surface area contributed by atoms with Gasteiger partial charge in [0.15, 0.2) is 0 Å². The zero-order valence-electron chi connectivity index (χ0n) is 13.8. The van der Waals surface area contributed by atoms with Crippen LogP contribution in [-0.2, 0) is 16.1 Å². The first-order valence-corrected chi connectivity index (χ1v) is 8.49. The van der Waals surface area contributed by atoms with E-state index >= 15 is 0 Å². The van der Waals surface area contributed by atoms with Gasteiger partial charge in [0, 0.05) is 25.6 Å². The van der Waals surface area contributed by atoms with Crippen molar-refractivity contribution in [2.45, 2.75) is 51.9 Å². The van der Waals surface area contributed by atoms with Crippen LogP contribution in [0.4, 0.5) is 10.1 Å². The maximum Gasteiger partial charge on any atom is 0.223 e. The summed E-state index contributed by atoms with van der Waals surface area (Å²) in [4.78, 5) is 13.9. The number of halogens is 1. The Morgan fingerprint density at radius 2 is 2.00 bits per heavy atom. The lowest BCUT2D eigenvalue weighted by molar-refractivity contribution is -0.127. The van der Waals surface area contributed by atoms with Crippen molar-refractivity contribution in [2.24, 2.45) is 5.92 Å². The Bertz CT molecular complexity index is 564. The number of carbonyl (C=O) groups excluding carboxylic acids is 1. The molecule has 3 rings (SSSR count). The highest BCUT2D eigenvalue weighted by Gasteiger charge is 2.26. The summed E-state index contributed by atoms with van der Waals surface area (Å²) >= 11 is 0. The predicted octanol–water partition coefficient (Wildman–Crippen LogP) is 2.86. The zero-order valence-corrected chi connectivity index (χ0v) is 13.8. The van der Waals surface area contributed by atoms with Gasteiger partial charge in [-0.2, -0.15) is 0 Å². The van der Waals surface area contributed by atoms with E-state index in [9.17, 15) is 9.18 Å². The molecule has 4 nitrogen and oxygen atoms in total. The molecule has 0 radical (unpaired) electrons. The highest BCUT2D eigenvalue weighted by atomic mass is 19.1. The van der Waals surface area contributed by atoms with Crippen molar-refractivity contribution in [3.63, 3.8) is 0 Å². The van der Waals surface area contributed by atoms with Crippen molar-refractivity contribution in [1.29, 1.82) is 0 Å². The Morgan fingerprint density at radius 1 is 1.30 bits per heavy atom. The number of hydrogen-bond acceptors (Lipinski definition) is 3. The van der Waals surface area contributed by atoms with Crippen LogP contribution in [-0.4, -0.2) is 31.2 Å². The lowest BCUT2D eigenvalue weighted by atomic mass is 9.85. The standard InChI is InChI=1S/C18H25FN2O2/c1-12-10-21(11-13(2)23-12)17-7-6-14(8-16(17)19)9-20-18(22)15-4-3-5-15/h6-8,12-13,15H,3-5,9-11H2,1-2H3,(H,20,22)/t12-,13-/m1/s1. The zero-order chi connectivity index (χ0) is 16.4. The summed E-state index contributed by atoms with van der Waals surface area (Å²) in [5.41, 5.74) is 1.41. The number of anilines is 1. The van der Waals surface area contributed by atoms with Gasteiger partial charge in [0.1, 0.15) is 5.82 Å². The molecule has 1 N–H and O–H groups in total. The molecule has 1 aliphatic heterocycles. The van der Waals surface area contributed by atoms with Crippen LogP contribution in [0.5, 0.6) is 0 Å². The first-order valence-electron chi connectivity index (χ1n) is 8.49. The summed E-state index contributed by atoms with van der Waals surface area (Å²) in [6, 6.07) is 5.23. The lowest BCUT2D eigenvalue weighted by Gasteiger charge is -2.37. The van der Waals surface area contributed by atoms with E-state index in [0.717, 1.165) is 24.8 Å². The average molecular weight is 320 g/mol. The lowest BCUT2D eigenvalue weighted by Crippen LogP contribution is -2.45. The molecule has 126 valence electrons. The highest BCUT2D eigenvalue weighted by Crippen LogP contribution is 2.27. The number of nitrogens with one attached hydrogen (secondary N) is 1. The number of rotatable bonds is 4. The Labute approximate surface area is 137 Å². The molecule has 0 spiro atoms. The molecule has 23 heavy (non-hydrogen) atoms. The van der Waals surface area contributed by atoms with Crippen molar-refractivity contribution in [3.8, 4) is 0 Å². The third-order valence-corrected chi connectivity index (χ3v) is 4.72. The van der Waals surface area contributed by atoms with Crippen LogP contribution >= 0.6 is 0 Å². The van der Waals surface area contributed by atoms with Gasteiger partial charge in [0.05, 0.1) is 17.9 Å². The third-order valence-electron chi connectivity index (χ3n) is 4.72. The summed E-state index contributed by atoms with van der Waals surface area (Å²) in [7, 11) is 0. The second kappa shape index (κ2) is 6.87. The number of hydrogen-bond donors (Lipinski definition) is 1. The quantitative estimate of drug-likeness (QED) is 0.927. The minimum atomic E-state index is -0.235. The number of nitrogens with zero attached hydrogens (tertiary/aromatic N) is 1. The summed E-state index contributed by atoms with van der Waals surface area (Å²) in [5, 5.41) is 2.90. The Kier molecular flexibility index (Phi) is 4.85. The molecule has 0 unspecified atom stereocenters. The largest absolute Gasteiger partial charge is 0.372 e. The van der Waals surface area contributed by atoms with Gasteiger partial charge in [-0.25, -0.2) is 4.39 Å². The second-order valence-corrected chi connectivity index (χ2v) is 6.79. The van der Waals surface area contributed by atoms with Gasteiger partial charge in [-0.15, -0.1) is 0 Å². The molecule has 2 fully saturated rings. The molecule has 2 aliphatic rings. The molecule has 1 aliphatic carbocycles. The first kappa shape index (κ1) is 16.2. The molecule has 1 heterocycles. The number of benzene rings is 1. The minimum Gasteiger partial charge on any atom is -0.372 e. The molecular weight excluding hydrogens is 295 g/mol. The van der Waals surface area contributed by atoms with Crippen molar-refractivity contribution in [1.82, 2.24) is 5.32 Å². The topological polar surface area (TPSA) is 41.6 Å². The van der Waals surface area contributed by atoms with Crippen LogP contribution in [0.2, 0.25) is 0 Å². The van der Waals surface area contributed by atoms with Crippen molar-refractivity contribution in [3.05, 3.63) is 29.6 Å². The summed E-state index contributed by atoms with van der Waals surface area (Å²) in [6.45, 7) is 5.79. The Balaban J connectivity index is 1.62. The van der Waals surface area contributed by atoms with Gasteiger partial charge in [-0.1, -0.05) is 12.5 Å². The smallest absolute Gasteiger partial charge is 0.223 e. The molecule has 0 aromatic heterocycles. The third kappa shape index (κ3) is 3.83. The molecule has 1 saturated carbocycles. The van der Waals surface area contributed by atoms with E-state index in [1.54, 1.807) is 0 Å². The first-order chi connectivity index (χ1) is 11.0. The van der Waals surface area contributed by atoms with Crippen LogP contribution in [0.15, 0.2) is 18.2 Å². The normalized spacial score (nSPS) is 25.1. The predicted molar refractivity (Wildman–Crippen MR) is 87.8 cm³/mol. The van der Waals surface area contributed by atoms with Gasteiger partial charge < -0.3 is 15.0 Å². The van der Waals surface area contributed by atoms with Gasteiger partial charge in [-0.3, -0.25) is 4.79 Å². The maximum atomic E-state index is 14.5. The van der Waals surface area contributed by atoms with Gasteiger partial charge in [0.2, 0.25) is 5.91 Å². The molecular formula is C18H25FN2O2. The molecule has 2 atom stereocenters. The molecule has 1 amide bonds. The second-order valence-electron chi connectivity index (χ2n) is 6.79. The number of carbonyl (C=O) groups is 1. The Hall–Kier alpha value is -1.62. The molecule has 5 heteroatoms. The fourth-order valence-electron chi connectivity index (χ4n) is 3.30. The molecule has 1 aromatic rings. The van der Waals surface area contributed by atoms with Gasteiger partial charge in [-0.05, 0) is 44.4 Å². The van der Waals surface area contributed by atoms with E-state index < -0.39 is 0 Å². The summed E-state index contributed by atoms with van der Waals surface area (Å²) < 4.78 is 20.1. The van der Waals surface area contributed by atoms with E-state index in [1.807, 2.05) is 30.9 Å². The van der Waals surface area contributed by atoms with E-state index in [-0.39, 0.29) is 29.9 Å². The van der Waals surface area contributed by atoms with Crippen molar-refractivity contribution < 1.29 is 13.9 Å². The van der Waals surface area contributed by atoms with Crippen LogP contribution in [0, 0.1) is 11.7 Å². The summed E-state index contributed by atoms with van der Waals surface area (Å²) in [5.74, 6) is 0.0219. The number of amides is 1. The number of morpholine rings is 1. The average Bonchev–Trinajstić information content (AvgIpc) is 2.42. The van der Waals surface area contributed by atoms with Crippen LogP contribution in [0.25, 0.3) is 0 Å². The molecule has 0 bridgehead atoms. The van der Waals surface area contributed by atoms with Crippen LogP contribution in [0.1, 0.15) is 38.7 Å². The van der Waals surface area contributed by atoms with Crippen LogP contribution in [0.3, 0.4) is 0 Å². The van der Waals surface area contributed by atoms with Gasteiger partial charge >= 0.3 is 0 Å². The summed E-state index contributed by atoms with van der Waals surface area (Å²) in [6.07, 6.45) is 3.29. The van der Waals surface area contributed by atoms with Crippen molar-refractivity contribution in [2.75, 3.05) is 18.0 Å². The Morgan fingerprint density at radius 3 is 2.57 bits per heavy atom. The maximum absolute atomic E-state index is 14.5. The monoisotopic (exact) mass is 320 g/mol. The minimum absolute atomic E-state index is 0.0940. The highest BCUT2D eigenvalue weighted by molar-refractivity contribution is 5.79. The van der Waals surface area contributed by atoms with E-state index in [1.165, 1.54) is 6.07 Å². The van der Waals surface area contributed by atoms with Gasteiger partial charge in [0.25, 0.3) is 0 Å². The fraction of sp³-hybridized carbons (Fsp3) is 0.611. The van der Waals surface area contributed by atoms with E-state index in [0.29, 0.717) is 25.3 Å². The SMILES string of the molecule is C[C@@H]1CN(c2ccc(CNC(=O)C3CCC3)cc2F)C[C@@H](C)O1. The number of ether oxygens (including phenoxy) is 1. The van der Waals surface area contributed by atoms with Crippen LogP contribution < -0.4 is 10.2 Å². The van der Waals surface area contributed by atoms with E-state index in [4.69, 9.17) is 4.74 Å². The molecule has 1 saturated heterocycles. The van der Waals surface area contributed by atoms with Crippen molar-refractivity contribution >= 4 is 11.6 Å². The molecule has 1 aromatic carbocycles. The fourth-order valence-corrected chi connectivity index (χ4v) is 3.30. The van der Waals surface area contributed by atoms with E-state index in [2.05, 4.69) is 5.32 Å².